The second-order valence-corrected chi connectivity index (χ2v) is 4.75. The SMILES string of the molecule is O=C1C=C(C2CC2)OC(=O)C1C(=O)C1CC1. The Morgan fingerprint density at radius 2 is 1.88 bits per heavy atom. The fraction of sp³-hybridized carbons (Fsp3) is 0.583. The van der Waals surface area contributed by atoms with Crippen LogP contribution in [-0.4, -0.2) is 17.5 Å². The smallest absolute Gasteiger partial charge is 0.329 e. The maximum Gasteiger partial charge on any atom is 0.329 e. The molecule has 0 N–H and O–H groups in total. The zero-order chi connectivity index (χ0) is 11.3. The lowest BCUT2D eigenvalue weighted by molar-refractivity contribution is -0.153. The molecule has 2 aliphatic carbocycles. The van der Waals surface area contributed by atoms with Gasteiger partial charge in [0.1, 0.15) is 5.76 Å². The fourth-order valence-corrected chi connectivity index (χ4v) is 1.97. The van der Waals surface area contributed by atoms with Crippen LogP contribution in [0.4, 0.5) is 0 Å². The number of carbonyl (C=O) groups is 3. The number of ketones is 2. The van der Waals surface area contributed by atoms with Crippen molar-refractivity contribution in [1.29, 1.82) is 0 Å². The Morgan fingerprint density at radius 3 is 2.38 bits per heavy atom. The first-order valence-corrected chi connectivity index (χ1v) is 5.67. The van der Waals surface area contributed by atoms with Crippen molar-refractivity contribution in [2.45, 2.75) is 25.7 Å². The third-order valence-corrected chi connectivity index (χ3v) is 3.27. The number of rotatable bonds is 3. The first-order chi connectivity index (χ1) is 7.66. The quantitative estimate of drug-likeness (QED) is 0.526. The molecule has 3 aliphatic rings. The van der Waals surface area contributed by atoms with E-state index in [0.717, 1.165) is 25.7 Å². The largest absolute Gasteiger partial charge is 0.430 e. The molecule has 0 saturated heterocycles. The van der Waals surface area contributed by atoms with E-state index < -0.39 is 11.9 Å². The van der Waals surface area contributed by atoms with Crippen LogP contribution < -0.4 is 0 Å². The van der Waals surface area contributed by atoms with Crippen LogP contribution in [0, 0.1) is 17.8 Å². The van der Waals surface area contributed by atoms with Gasteiger partial charge in [-0.05, 0) is 25.7 Å². The molecule has 1 unspecified atom stereocenters. The normalized spacial score (nSPS) is 29.8. The van der Waals surface area contributed by atoms with Gasteiger partial charge in [-0.25, -0.2) is 0 Å². The van der Waals surface area contributed by atoms with Gasteiger partial charge in [-0.3, -0.25) is 14.4 Å². The van der Waals surface area contributed by atoms with Crippen LogP contribution in [0.5, 0.6) is 0 Å². The highest BCUT2D eigenvalue weighted by atomic mass is 16.5. The molecule has 1 aliphatic heterocycles. The number of allylic oxidation sites excluding steroid dienone is 2. The molecular formula is C12H12O4. The molecule has 0 aromatic carbocycles. The summed E-state index contributed by atoms with van der Waals surface area (Å²) in [5.41, 5.74) is 0. The number of ether oxygens (including phenoxy) is 1. The van der Waals surface area contributed by atoms with Gasteiger partial charge in [-0.2, -0.15) is 0 Å². The summed E-state index contributed by atoms with van der Waals surface area (Å²) in [5, 5.41) is 0. The lowest BCUT2D eigenvalue weighted by Gasteiger charge is -2.18. The van der Waals surface area contributed by atoms with Crippen LogP contribution in [0.3, 0.4) is 0 Å². The Bertz CT molecular complexity index is 413. The third-order valence-electron chi connectivity index (χ3n) is 3.27. The Labute approximate surface area is 92.6 Å². The fourth-order valence-electron chi connectivity index (χ4n) is 1.97. The summed E-state index contributed by atoms with van der Waals surface area (Å²) in [6.07, 6.45) is 4.88. The van der Waals surface area contributed by atoms with Crippen LogP contribution in [0.2, 0.25) is 0 Å². The van der Waals surface area contributed by atoms with E-state index in [-0.39, 0.29) is 23.4 Å². The minimum atomic E-state index is -1.17. The number of esters is 1. The van der Waals surface area contributed by atoms with Crippen molar-refractivity contribution in [3.63, 3.8) is 0 Å². The van der Waals surface area contributed by atoms with Gasteiger partial charge in [0, 0.05) is 17.9 Å². The van der Waals surface area contributed by atoms with Gasteiger partial charge in [0.25, 0.3) is 0 Å². The van der Waals surface area contributed by atoms with E-state index in [1.807, 2.05) is 0 Å². The molecule has 0 amide bonds. The van der Waals surface area contributed by atoms with E-state index in [4.69, 9.17) is 4.74 Å². The number of hydrogen-bond acceptors (Lipinski definition) is 4. The lowest BCUT2D eigenvalue weighted by Crippen LogP contribution is -2.36. The van der Waals surface area contributed by atoms with Crippen molar-refractivity contribution in [2.24, 2.45) is 17.8 Å². The third kappa shape index (κ3) is 1.58. The molecule has 0 aromatic heterocycles. The van der Waals surface area contributed by atoms with Gasteiger partial charge in [0.15, 0.2) is 17.5 Å². The van der Waals surface area contributed by atoms with E-state index in [1.54, 1.807) is 0 Å². The maximum absolute atomic E-state index is 11.7. The molecule has 3 rings (SSSR count). The number of hydrogen-bond donors (Lipinski definition) is 0. The molecule has 16 heavy (non-hydrogen) atoms. The number of Topliss-reactive ketones (excluding diaryl/α,β-unsaturated/α-hetero) is 1. The molecule has 0 spiro atoms. The lowest BCUT2D eigenvalue weighted by atomic mass is 9.93. The molecule has 0 bridgehead atoms. The van der Waals surface area contributed by atoms with E-state index in [9.17, 15) is 14.4 Å². The Kier molecular flexibility index (Phi) is 1.99. The van der Waals surface area contributed by atoms with Gasteiger partial charge in [-0.15, -0.1) is 0 Å². The zero-order valence-corrected chi connectivity index (χ0v) is 8.77. The van der Waals surface area contributed by atoms with Gasteiger partial charge < -0.3 is 4.74 Å². The molecular weight excluding hydrogens is 208 g/mol. The second-order valence-electron chi connectivity index (χ2n) is 4.75. The summed E-state index contributed by atoms with van der Waals surface area (Å²) in [6.45, 7) is 0. The van der Waals surface area contributed by atoms with Gasteiger partial charge >= 0.3 is 5.97 Å². The minimum Gasteiger partial charge on any atom is -0.430 e. The van der Waals surface area contributed by atoms with E-state index in [0.29, 0.717) is 5.76 Å². The van der Waals surface area contributed by atoms with Crippen molar-refractivity contribution in [1.82, 2.24) is 0 Å². The molecule has 0 aromatic rings. The van der Waals surface area contributed by atoms with Crippen LogP contribution in [-0.2, 0) is 19.1 Å². The van der Waals surface area contributed by atoms with Crippen molar-refractivity contribution < 1.29 is 19.1 Å². The molecule has 1 heterocycles. The van der Waals surface area contributed by atoms with Gasteiger partial charge in [0.05, 0.1) is 0 Å². The summed E-state index contributed by atoms with van der Waals surface area (Å²) in [4.78, 5) is 35.1. The number of cyclic esters (lactones) is 1. The Balaban J connectivity index is 1.82. The number of carbonyl (C=O) groups excluding carboxylic acids is 3. The van der Waals surface area contributed by atoms with Crippen LogP contribution >= 0.6 is 0 Å². The highest BCUT2D eigenvalue weighted by molar-refractivity contribution is 6.22. The van der Waals surface area contributed by atoms with Crippen molar-refractivity contribution >= 4 is 17.5 Å². The topological polar surface area (TPSA) is 60.4 Å². The highest BCUT2D eigenvalue weighted by Gasteiger charge is 2.46. The average molecular weight is 220 g/mol. The van der Waals surface area contributed by atoms with E-state index in [1.165, 1.54) is 6.08 Å². The Morgan fingerprint density at radius 1 is 1.19 bits per heavy atom. The predicted octanol–water partition coefficient (Wildman–Crippen LogP) is 1.00. The molecule has 2 saturated carbocycles. The van der Waals surface area contributed by atoms with Crippen molar-refractivity contribution in [3.05, 3.63) is 11.8 Å². The van der Waals surface area contributed by atoms with Crippen molar-refractivity contribution in [3.8, 4) is 0 Å². The van der Waals surface area contributed by atoms with E-state index >= 15 is 0 Å². The Hall–Kier alpha value is -1.45. The van der Waals surface area contributed by atoms with Gasteiger partial charge in [0.2, 0.25) is 0 Å². The van der Waals surface area contributed by atoms with E-state index in [2.05, 4.69) is 0 Å². The summed E-state index contributed by atoms with van der Waals surface area (Å²) >= 11 is 0. The minimum absolute atomic E-state index is 0.0858. The monoisotopic (exact) mass is 220 g/mol. The van der Waals surface area contributed by atoms with Crippen LogP contribution in [0.1, 0.15) is 25.7 Å². The highest BCUT2D eigenvalue weighted by Crippen LogP contribution is 2.40. The van der Waals surface area contributed by atoms with Crippen LogP contribution in [0.25, 0.3) is 0 Å². The summed E-state index contributed by atoms with van der Waals surface area (Å²) in [6, 6.07) is 0. The first-order valence-electron chi connectivity index (χ1n) is 5.67. The molecule has 2 fully saturated rings. The van der Waals surface area contributed by atoms with Gasteiger partial charge in [-0.1, -0.05) is 0 Å². The predicted molar refractivity (Wildman–Crippen MR) is 53.1 cm³/mol. The summed E-state index contributed by atoms with van der Waals surface area (Å²) in [5.74, 6) is -1.85. The molecule has 1 atom stereocenters. The second kappa shape index (κ2) is 3.27. The zero-order valence-electron chi connectivity index (χ0n) is 8.77. The molecule has 84 valence electrons. The molecule has 0 radical (unpaired) electrons. The summed E-state index contributed by atoms with van der Waals surface area (Å²) < 4.78 is 5.07. The average Bonchev–Trinajstić information content (AvgIpc) is 3.09. The summed E-state index contributed by atoms with van der Waals surface area (Å²) in [7, 11) is 0. The molecule has 4 nitrogen and oxygen atoms in total. The maximum atomic E-state index is 11.7. The van der Waals surface area contributed by atoms with Crippen LogP contribution in [0.15, 0.2) is 11.8 Å². The van der Waals surface area contributed by atoms with Crippen molar-refractivity contribution in [2.75, 3.05) is 0 Å². The molecule has 4 heteroatoms. The standard InChI is InChI=1S/C12H12O4/c13-8-5-9(6-1-2-6)16-12(15)10(8)11(14)7-3-4-7/h5-7,10H,1-4H2. The first kappa shape index (κ1) is 9.75.